The summed E-state index contributed by atoms with van der Waals surface area (Å²) in [4.78, 5) is 16.8. The summed E-state index contributed by atoms with van der Waals surface area (Å²) in [7, 11) is 0. The van der Waals surface area contributed by atoms with Crippen molar-refractivity contribution in [2.45, 2.75) is 13.5 Å². The molecule has 0 radical (unpaired) electrons. The van der Waals surface area contributed by atoms with E-state index in [1.807, 2.05) is 24.0 Å². The molecule has 9 heteroatoms. The summed E-state index contributed by atoms with van der Waals surface area (Å²) in [6.45, 7) is 5.78. The van der Waals surface area contributed by atoms with E-state index in [1.165, 1.54) is 12.1 Å². The van der Waals surface area contributed by atoms with Crippen LogP contribution in [0.25, 0.3) is 5.69 Å². The first-order chi connectivity index (χ1) is 14.6. The van der Waals surface area contributed by atoms with Gasteiger partial charge < -0.3 is 9.64 Å². The molecule has 0 aliphatic carbocycles. The number of carbonyl (C=O) groups excluding carboxylic acids is 1. The van der Waals surface area contributed by atoms with E-state index in [4.69, 9.17) is 4.74 Å². The minimum absolute atomic E-state index is 0.0221. The van der Waals surface area contributed by atoms with Crippen LogP contribution in [0.4, 0.5) is 4.39 Å². The molecular weight excluding hydrogens is 387 g/mol. The van der Waals surface area contributed by atoms with Crippen molar-refractivity contribution in [1.29, 1.82) is 0 Å². The van der Waals surface area contributed by atoms with Gasteiger partial charge in [0, 0.05) is 31.7 Å². The minimum atomic E-state index is -0.304. The van der Waals surface area contributed by atoms with E-state index in [0.29, 0.717) is 43.3 Å². The number of carbonyl (C=O) groups is 1. The maximum atomic E-state index is 13.2. The Kier molecular flexibility index (Phi) is 5.99. The molecule has 156 valence electrons. The lowest BCUT2D eigenvalue weighted by atomic mass is 10.1. The van der Waals surface area contributed by atoms with Gasteiger partial charge in [-0.3, -0.25) is 9.69 Å². The van der Waals surface area contributed by atoms with Crippen molar-refractivity contribution < 1.29 is 13.9 Å². The smallest absolute Gasteiger partial charge is 0.253 e. The average Bonchev–Trinajstić information content (AvgIpc) is 3.23. The largest absolute Gasteiger partial charge is 0.494 e. The van der Waals surface area contributed by atoms with Gasteiger partial charge >= 0.3 is 0 Å². The number of nitrogens with zero attached hydrogens (tertiary/aromatic N) is 6. The number of halogens is 1. The van der Waals surface area contributed by atoms with Crippen LogP contribution < -0.4 is 4.74 Å². The Balaban J connectivity index is 1.35. The van der Waals surface area contributed by atoms with Crippen LogP contribution >= 0.6 is 0 Å². The van der Waals surface area contributed by atoms with E-state index in [-0.39, 0.29) is 11.7 Å². The summed E-state index contributed by atoms with van der Waals surface area (Å²) < 4.78 is 20.2. The van der Waals surface area contributed by atoms with E-state index < -0.39 is 0 Å². The lowest BCUT2D eigenvalue weighted by Gasteiger charge is -2.34. The van der Waals surface area contributed by atoms with Crippen molar-refractivity contribution in [2.24, 2.45) is 0 Å². The molecule has 1 aromatic heterocycles. The Morgan fingerprint density at radius 2 is 1.73 bits per heavy atom. The predicted molar refractivity (Wildman–Crippen MR) is 108 cm³/mol. The van der Waals surface area contributed by atoms with Gasteiger partial charge in [0.2, 0.25) is 0 Å². The molecule has 1 amide bonds. The third-order valence-corrected chi connectivity index (χ3v) is 5.04. The van der Waals surface area contributed by atoms with Crippen molar-refractivity contribution in [3.8, 4) is 11.4 Å². The highest BCUT2D eigenvalue weighted by Crippen LogP contribution is 2.16. The van der Waals surface area contributed by atoms with Crippen LogP contribution in [-0.4, -0.2) is 68.7 Å². The maximum Gasteiger partial charge on any atom is 0.253 e. The first-order valence-electron chi connectivity index (χ1n) is 9.91. The zero-order chi connectivity index (χ0) is 20.9. The highest BCUT2D eigenvalue weighted by molar-refractivity contribution is 5.94. The SMILES string of the molecule is CCOc1ccc(C(=O)N2CCN(Cc3nnnn3-c3ccc(F)cc3)CC2)cc1. The summed E-state index contributed by atoms with van der Waals surface area (Å²) in [6.07, 6.45) is 0. The Bertz CT molecular complexity index is 981. The van der Waals surface area contributed by atoms with Crippen molar-refractivity contribution in [3.63, 3.8) is 0 Å². The van der Waals surface area contributed by atoms with Crippen LogP contribution in [0, 0.1) is 5.82 Å². The maximum absolute atomic E-state index is 13.2. The van der Waals surface area contributed by atoms with Crippen molar-refractivity contribution in [2.75, 3.05) is 32.8 Å². The third kappa shape index (κ3) is 4.46. The zero-order valence-electron chi connectivity index (χ0n) is 16.7. The quantitative estimate of drug-likeness (QED) is 0.620. The highest BCUT2D eigenvalue weighted by atomic mass is 19.1. The van der Waals surface area contributed by atoms with Crippen LogP contribution in [0.3, 0.4) is 0 Å². The van der Waals surface area contributed by atoms with Crippen LogP contribution in [0.5, 0.6) is 5.75 Å². The van der Waals surface area contributed by atoms with Gasteiger partial charge in [0.05, 0.1) is 18.8 Å². The molecule has 1 fully saturated rings. The van der Waals surface area contributed by atoms with Gasteiger partial charge in [-0.2, -0.15) is 4.68 Å². The molecule has 3 aromatic rings. The number of ether oxygens (including phenoxy) is 1. The minimum Gasteiger partial charge on any atom is -0.494 e. The molecular formula is C21H23FN6O2. The second-order valence-corrected chi connectivity index (χ2v) is 7.01. The Morgan fingerprint density at radius 3 is 2.40 bits per heavy atom. The second-order valence-electron chi connectivity index (χ2n) is 7.01. The highest BCUT2D eigenvalue weighted by Gasteiger charge is 2.23. The zero-order valence-corrected chi connectivity index (χ0v) is 16.7. The van der Waals surface area contributed by atoms with Crippen LogP contribution in [-0.2, 0) is 6.54 Å². The number of amides is 1. The molecule has 0 atom stereocenters. The molecule has 8 nitrogen and oxygen atoms in total. The van der Waals surface area contributed by atoms with E-state index in [1.54, 1.807) is 28.9 Å². The molecule has 0 saturated carbocycles. The first kappa shape index (κ1) is 20.0. The van der Waals surface area contributed by atoms with Gasteiger partial charge in [0.25, 0.3) is 5.91 Å². The van der Waals surface area contributed by atoms with Crippen LogP contribution in [0.2, 0.25) is 0 Å². The number of hydrogen-bond acceptors (Lipinski definition) is 6. The molecule has 0 spiro atoms. The van der Waals surface area contributed by atoms with Gasteiger partial charge in [0.1, 0.15) is 11.6 Å². The van der Waals surface area contributed by atoms with Gasteiger partial charge in [-0.05, 0) is 65.9 Å². The molecule has 2 heterocycles. The van der Waals surface area contributed by atoms with E-state index >= 15 is 0 Å². The Hall–Kier alpha value is -3.33. The van der Waals surface area contributed by atoms with Crippen molar-refractivity contribution in [1.82, 2.24) is 30.0 Å². The number of hydrogen-bond donors (Lipinski definition) is 0. The summed E-state index contributed by atoms with van der Waals surface area (Å²) in [5.74, 6) is 1.15. The number of aromatic nitrogens is 4. The molecule has 2 aromatic carbocycles. The fourth-order valence-electron chi connectivity index (χ4n) is 3.44. The van der Waals surface area contributed by atoms with Gasteiger partial charge in [-0.25, -0.2) is 4.39 Å². The van der Waals surface area contributed by atoms with E-state index in [9.17, 15) is 9.18 Å². The molecule has 1 aliphatic rings. The molecule has 0 bridgehead atoms. The standard InChI is InChI=1S/C21H23FN6O2/c1-2-30-19-9-3-16(4-10-19)21(29)27-13-11-26(12-14-27)15-20-23-24-25-28(20)18-7-5-17(22)6-8-18/h3-10H,2,11-15H2,1H3. The molecule has 1 saturated heterocycles. The Morgan fingerprint density at radius 1 is 1.03 bits per heavy atom. The molecule has 0 N–H and O–H groups in total. The second kappa shape index (κ2) is 9.00. The Labute approximate surface area is 173 Å². The topological polar surface area (TPSA) is 76.4 Å². The normalized spacial score (nSPS) is 14.7. The summed E-state index contributed by atoms with van der Waals surface area (Å²) >= 11 is 0. The van der Waals surface area contributed by atoms with Crippen molar-refractivity contribution in [3.05, 3.63) is 65.7 Å². The summed E-state index contributed by atoms with van der Waals surface area (Å²) in [5.41, 5.74) is 1.37. The van der Waals surface area contributed by atoms with E-state index in [2.05, 4.69) is 20.4 Å². The molecule has 4 rings (SSSR count). The molecule has 0 unspecified atom stereocenters. The van der Waals surface area contributed by atoms with Gasteiger partial charge in [-0.15, -0.1) is 5.10 Å². The van der Waals surface area contributed by atoms with Crippen LogP contribution in [0.1, 0.15) is 23.1 Å². The fourth-order valence-corrected chi connectivity index (χ4v) is 3.44. The van der Waals surface area contributed by atoms with Crippen LogP contribution in [0.15, 0.2) is 48.5 Å². The van der Waals surface area contributed by atoms with Crippen molar-refractivity contribution >= 4 is 5.91 Å². The lowest BCUT2D eigenvalue weighted by Crippen LogP contribution is -2.48. The van der Waals surface area contributed by atoms with Gasteiger partial charge in [0.15, 0.2) is 5.82 Å². The number of rotatable bonds is 6. The molecule has 30 heavy (non-hydrogen) atoms. The third-order valence-electron chi connectivity index (χ3n) is 5.04. The monoisotopic (exact) mass is 410 g/mol. The first-order valence-corrected chi connectivity index (χ1v) is 9.91. The summed E-state index contributed by atoms with van der Waals surface area (Å²) in [5, 5.41) is 11.9. The van der Waals surface area contributed by atoms with Gasteiger partial charge in [-0.1, -0.05) is 0 Å². The fraction of sp³-hybridized carbons (Fsp3) is 0.333. The molecule has 1 aliphatic heterocycles. The average molecular weight is 410 g/mol. The summed E-state index contributed by atoms with van der Waals surface area (Å²) in [6, 6.07) is 13.3. The van der Waals surface area contributed by atoms with E-state index in [0.717, 1.165) is 18.8 Å². The lowest BCUT2D eigenvalue weighted by molar-refractivity contribution is 0.0624. The number of tetrazole rings is 1. The number of piperazine rings is 1. The number of benzene rings is 2. The predicted octanol–water partition coefficient (Wildman–Crippen LogP) is 2.16.